The molecule has 1 spiro atoms. The van der Waals surface area contributed by atoms with Crippen molar-refractivity contribution in [1.82, 2.24) is 10.1 Å². The molecule has 0 bridgehead atoms. The summed E-state index contributed by atoms with van der Waals surface area (Å²) in [4.78, 5) is 27.7. The Morgan fingerprint density at radius 3 is 2.62 bits per heavy atom. The van der Waals surface area contributed by atoms with Gasteiger partial charge in [-0.3, -0.25) is 9.59 Å². The van der Waals surface area contributed by atoms with E-state index in [2.05, 4.69) is 11.2 Å². The van der Waals surface area contributed by atoms with Crippen molar-refractivity contribution in [1.29, 1.82) is 0 Å². The molecule has 0 N–H and O–H groups in total. The van der Waals surface area contributed by atoms with Crippen LogP contribution < -0.4 is 4.74 Å². The summed E-state index contributed by atoms with van der Waals surface area (Å²) in [5, 5.41) is 5.66. The Balaban J connectivity index is 1.29. The van der Waals surface area contributed by atoms with Crippen molar-refractivity contribution in [3.8, 4) is 5.75 Å². The predicted octanol–water partition coefficient (Wildman–Crippen LogP) is 4.98. The van der Waals surface area contributed by atoms with Gasteiger partial charge in [0, 0.05) is 36.3 Å². The molecule has 2 aliphatic rings. The van der Waals surface area contributed by atoms with Crippen LogP contribution in [0.25, 0.3) is 11.0 Å². The van der Waals surface area contributed by atoms with Gasteiger partial charge in [-0.25, -0.2) is 0 Å². The summed E-state index contributed by atoms with van der Waals surface area (Å²) in [6.07, 6.45) is 1.74. The molecule has 7 heteroatoms. The average Bonchev–Trinajstić information content (AvgIpc) is 3.13. The molecule has 0 saturated carbocycles. The van der Waals surface area contributed by atoms with Crippen LogP contribution in [0.3, 0.4) is 0 Å². The topological polar surface area (TPSA) is 72.6 Å². The zero-order valence-electron chi connectivity index (χ0n) is 18.5. The fourth-order valence-corrected chi connectivity index (χ4v) is 5.12. The molecule has 6 nitrogen and oxygen atoms in total. The molecule has 0 aliphatic carbocycles. The van der Waals surface area contributed by atoms with Gasteiger partial charge in [-0.1, -0.05) is 22.8 Å². The molecule has 1 saturated heterocycles. The number of carbonyl (C=O) groups is 2. The molecule has 2 aliphatic heterocycles. The van der Waals surface area contributed by atoms with E-state index in [1.165, 1.54) is 0 Å². The maximum absolute atomic E-state index is 13.0. The minimum absolute atomic E-state index is 0.0141. The molecule has 1 aromatic heterocycles. The lowest BCUT2D eigenvalue weighted by atomic mass is 9.82. The van der Waals surface area contributed by atoms with Crippen LogP contribution >= 0.6 is 11.6 Å². The van der Waals surface area contributed by atoms with E-state index in [0.29, 0.717) is 60.0 Å². The van der Waals surface area contributed by atoms with Crippen LogP contribution in [0.4, 0.5) is 0 Å². The summed E-state index contributed by atoms with van der Waals surface area (Å²) in [5.41, 5.74) is 4.42. The van der Waals surface area contributed by atoms with Crippen LogP contribution in [0, 0.1) is 20.8 Å². The van der Waals surface area contributed by atoms with Crippen LogP contribution in [0.15, 0.2) is 28.8 Å². The van der Waals surface area contributed by atoms with Crippen LogP contribution in [0.5, 0.6) is 5.75 Å². The number of Topliss-reactive ketones (excluding diaryl/α,β-unsaturated/α-hetero) is 1. The molecule has 2 aromatic carbocycles. The Bertz CT molecular complexity index is 1250. The van der Waals surface area contributed by atoms with Crippen molar-refractivity contribution in [2.24, 2.45) is 0 Å². The van der Waals surface area contributed by atoms with E-state index >= 15 is 0 Å². The van der Waals surface area contributed by atoms with Crippen molar-refractivity contribution in [2.75, 3.05) is 13.1 Å². The summed E-state index contributed by atoms with van der Waals surface area (Å²) in [7, 11) is 0. The molecule has 1 fully saturated rings. The van der Waals surface area contributed by atoms with Gasteiger partial charge >= 0.3 is 0 Å². The number of likely N-dealkylation sites (tertiary alicyclic amines) is 1. The van der Waals surface area contributed by atoms with E-state index in [0.717, 1.165) is 22.1 Å². The first-order valence-electron chi connectivity index (χ1n) is 10.9. The van der Waals surface area contributed by atoms with E-state index in [4.69, 9.17) is 20.9 Å². The predicted molar refractivity (Wildman–Crippen MR) is 121 cm³/mol. The minimum atomic E-state index is -0.560. The van der Waals surface area contributed by atoms with Gasteiger partial charge in [0.25, 0.3) is 0 Å². The van der Waals surface area contributed by atoms with Gasteiger partial charge in [0.05, 0.1) is 18.4 Å². The highest BCUT2D eigenvalue weighted by molar-refractivity contribution is 6.31. The van der Waals surface area contributed by atoms with Crippen molar-refractivity contribution >= 4 is 34.3 Å². The van der Waals surface area contributed by atoms with Crippen molar-refractivity contribution < 1.29 is 18.8 Å². The van der Waals surface area contributed by atoms with Gasteiger partial charge in [0.15, 0.2) is 11.4 Å². The van der Waals surface area contributed by atoms with Crippen LogP contribution in [-0.4, -0.2) is 40.4 Å². The number of ketones is 1. The third-order valence-electron chi connectivity index (χ3n) is 6.70. The molecule has 0 unspecified atom stereocenters. The number of aromatic nitrogens is 1. The highest BCUT2D eigenvalue weighted by Gasteiger charge is 2.44. The van der Waals surface area contributed by atoms with Gasteiger partial charge in [0.1, 0.15) is 17.0 Å². The lowest BCUT2D eigenvalue weighted by Gasteiger charge is -2.44. The minimum Gasteiger partial charge on any atom is -0.486 e. The number of amides is 1. The molecule has 32 heavy (non-hydrogen) atoms. The lowest BCUT2D eigenvalue weighted by molar-refractivity contribution is -0.134. The van der Waals surface area contributed by atoms with E-state index in [-0.39, 0.29) is 18.1 Å². The quantitative estimate of drug-likeness (QED) is 0.548. The Hall–Kier alpha value is -2.86. The lowest BCUT2D eigenvalue weighted by Crippen LogP contribution is -2.52. The van der Waals surface area contributed by atoms with Gasteiger partial charge in [-0.15, -0.1) is 0 Å². The largest absolute Gasteiger partial charge is 0.486 e. The highest BCUT2D eigenvalue weighted by atomic mass is 35.5. The van der Waals surface area contributed by atoms with Crippen molar-refractivity contribution in [2.45, 2.75) is 52.1 Å². The smallest absolute Gasteiger partial charge is 0.228 e. The van der Waals surface area contributed by atoms with E-state index in [1.807, 2.05) is 37.8 Å². The molecule has 0 atom stereocenters. The molecule has 1 amide bonds. The zero-order chi connectivity index (χ0) is 22.6. The Kier molecular flexibility index (Phi) is 5.01. The molecular formula is C25H25ClN2O4. The maximum atomic E-state index is 13.0. The summed E-state index contributed by atoms with van der Waals surface area (Å²) >= 11 is 6.19. The SMILES string of the molecule is Cc1cc(C)c2c(CC(=O)N3CCC4(CC3)CC(=O)c3cc(Cl)c(C)cc3O4)noc2c1. The van der Waals surface area contributed by atoms with Crippen molar-refractivity contribution in [3.63, 3.8) is 0 Å². The number of carbonyl (C=O) groups excluding carboxylic acids is 2. The van der Waals surface area contributed by atoms with Crippen LogP contribution in [0.2, 0.25) is 5.02 Å². The number of ether oxygens (including phenoxy) is 1. The summed E-state index contributed by atoms with van der Waals surface area (Å²) in [6.45, 7) is 7.00. The fourth-order valence-electron chi connectivity index (χ4n) is 4.95. The van der Waals surface area contributed by atoms with Crippen LogP contribution in [-0.2, 0) is 11.2 Å². The number of hydrogen-bond donors (Lipinski definition) is 0. The Labute approximate surface area is 191 Å². The van der Waals surface area contributed by atoms with Crippen LogP contribution in [0.1, 0.15) is 52.0 Å². The standard InChI is InChI=1S/C25H25ClN2O4/c1-14-8-16(3)24-19(27-32-22(24)9-14)12-23(30)28-6-4-25(5-7-28)13-20(29)17-11-18(26)15(2)10-21(17)31-25/h8-11H,4-7,12-13H2,1-3H3. The number of hydrogen-bond acceptors (Lipinski definition) is 5. The number of rotatable bonds is 2. The van der Waals surface area contributed by atoms with Crippen molar-refractivity contribution in [3.05, 3.63) is 57.2 Å². The van der Waals surface area contributed by atoms with E-state index in [1.54, 1.807) is 6.07 Å². The second kappa shape index (κ2) is 7.62. The summed E-state index contributed by atoms with van der Waals surface area (Å²) < 4.78 is 11.8. The molecule has 3 heterocycles. The fraction of sp³-hybridized carbons (Fsp3) is 0.400. The number of benzene rings is 2. The average molecular weight is 453 g/mol. The third-order valence-corrected chi connectivity index (χ3v) is 7.11. The monoisotopic (exact) mass is 452 g/mol. The van der Waals surface area contributed by atoms with Gasteiger partial charge in [-0.2, -0.15) is 0 Å². The van der Waals surface area contributed by atoms with Gasteiger partial charge in [0.2, 0.25) is 5.91 Å². The normalized spacial score (nSPS) is 17.5. The number of aryl methyl sites for hydroxylation is 3. The number of piperidine rings is 1. The number of halogens is 1. The first kappa shape index (κ1) is 21.0. The van der Waals surface area contributed by atoms with Gasteiger partial charge < -0.3 is 14.2 Å². The molecule has 3 aromatic rings. The highest BCUT2D eigenvalue weighted by Crippen LogP contribution is 2.41. The maximum Gasteiger partial charge on any atom is 0.228 e. The van der Waals surface area contributed by atoms with E-state index < -0.39 is 5.60 Å². The molecule has 5 rings (SSSR count). The molecule has 0 radical (unpaired) electrons. The van der Waals surface area contributed by atoms with Gasteiger partial charge in [-0.05, 0) is 55.7 Å². The Morgan fingerprint density at radius 2 is 1.88 bits per heavy atom. The molecular weight excluding hydrogens is 428 g/mol. The number of fused-ring (bicyclic) bond motifs is 2. The second-order valence-electron chi connectivity index (χ2n) is 9.12. The summed E-state index contributed by atoms with van der Waals surface area (Å²) in [6, 6.07) is 7.56. The number of nitrogens with zero attached hydrogens (tertiary/aromatic N) is 2. The summed E-state index contributed by atoms with van der Waals surface area (Å²) in [5.74, 6) is 0.663. The first-order chi connectivity index (χ1) is 15.2. The van der Waals surface area contributed by atoms with E-state index in [9.17, 15) is 9.59 Å². The second-order valence-corrected chi connectivity index (χ2v) is 9.53. The molecule has 166 valence electrons. The Morgan fingerprint density at radius 1 is 1.12 bits per heavy atom. The zero-order valence-corrected chi connectivity index (χ0v) is 19.2. The first-order valence-corrected chi connectivity index (χ1v) is 11.3. The third kappa shape index (κ3) is 3.56.